The summed E-state index contributed by atoms with van der Waals surface area (Å²) in [6.07, 6.45) is -4.05. The Morgan fingerprint density at radius 3 is 2.30 bits per heavy atom. The van der Waals surface area contributed by atoms with Gasteiger partial charge in [0.25, 0.3) is 0 Å². The summed E-state index contributed by atoms with van der Waals surface area (Å²) in [6, 6.07) is 25.2. The lowest BCUT2D eigenvalue weighted by Gasteiger charge is -2.30. The van der Waals surface area contributed by atoms with Crippen molar-refractivity contribution in [1.29, 1.82) is 0 Å². The summed E-state index contributed by atoms with van der Waals surface area (Å²) in [5.41, 5.74) is 2.97. The summed E-state index contributed by atoms with van der Waals surface area (Å²) < 4.78 is 48.4. The van der Waals surface area contributed by atoms with Gasteiger partial charge in [0.2, 0.25) is 12.7 Å². The zero-order chi connectivity index (χ0) is 38.2. The van der Waals surface area contributed by atoms with Crippen LogP contribution in [0.5, 0.6) is 11.5 Å². The fraction of sp³-hybridized carbons (Fsp3) is 0.316. The first-order chi connectivity index (χ1) is 25.2. The van der Waals surface area contributed by atoms with Gasteiger partial charge in [-0.15, -0.1) is 0 Å². The van der Waals surface area contributed by atoms with E-state index >= 15 is 0 Å². The molecule has 3 amide bonds. The minimum atomic E-state index is -5.19. The normalized spacial score (nSPS) is 17.9. The topological polar surface area (TPSA) is 155 Å². The molecule has 4 aromatic rings. The number of carbonyl (C=O) groups is 4. The molecule has 0 aliphatic carbocycles. The van der Waals surface area contributed by atoms with Crippen LogP contribution in [0.4, 0.5) is 23.7 Å². The molecule has 2 aliphatic rings. The predicted molar refractivity (Wildman–Crippen MR) is 186 cm³/mol. The number of likely N-dealkylation sites (tertiary alicyclic amines) is 1. The van der Waals surface area contributed by atoms with E-state index < -0.39 is 30.2 Å². The highest BCUT2D eigenvalue weighted by Crippen LogP contribution is 2.34. The molecule has 6 rings (SSSR count). The Hall–Kier alpha value is -5.83. The Balaban J connectivity index is 0.000000705. The molecule has 3 N–H and O–H groups in total. The SMILES string of the molecule is CCOC(=O)c1ccc(NC(=O)N[C@@H](Cc2ccc3ccccc3c2)C(=O)N[C@H]2CC[N+](C)(Cc3ccc4c(c3)OCO4)C2)cc1.O=C([O-])C(F)(F)F. The van der Waals surface area contributed by atoms with Crippen molar-refractivity contribution in [3.63, 3.8) is 0 Å². The summed E-state index contributed by atoms with van der Waals surface area (Å²) >= 11 is 0. The van der Waals surface area contributed by atoms with Gasteiger partial charge in [0, 0.05) is 24.1 Å². The van der Waals surface area contributed by atoms with Crippen molar-refractivity contribution in [2.45, 2.75) is 44.6 Å². The maximum atomic E-state index is 13.8. The van der Waals surface area contributed by atoms with Crippen LogP contribution < -0.4 is 30.5 Å². The molecule has 2 heterocycles. The third-order valence-electron chi connectivity index (χ3n) is 8.79. The molecule has 12 nitrogen and oxygen atoms in total. The number of esters is 1. The van der Waals surface area contributed by atoms with Crippen LogP contribution in [0.25, 0.3) is 10.8 Å². The molecular formula is C38H39F3N4O8. The van der Waals surface area contributed by atoms with E-state index in [0.29, 0.717) is 17.7 Å². The van der Waals surface area contributed by atoms with E-state index in [9.17, 15) is 27.6 Å². The number of benzene rings is 4. The molecule has 15 heteroatoms. The number of nitrogens with zero attached hydrogens (tertiary/aromatic N) is 1. The van der Waals surface area contributed by atoms with Crippen LogP contribution in [0, 0.1) is 0 Å². The van der Waals surface area contributed by atoms with Crippen LogP contribution in [-0.2, 0) is 27.3 Å². The smallest absolute Gasteiger partial charge is 0.430 e. The Morgan fingerprint density at radius 2 is 1.60 bits per heavy atom. The maximum absolute atomic E-state index is 13.8. The molecule has 0 spiro atoms. The number of nitrogens with one attached hydrogen (secondary N) is 3. The van der Waals surface area contributed by atoms with E-state index in [0.717, 1.165) is 63.9 Å². The zero-order valence-electron chi connectivity index (χ0n) is 29.0. The fourth-order valence-corrected chi connectivity index (χ4v) is 6.27. The molecule has 280 valence electrons. The monoisotopic (exact) mass is 736 g/mol. The molecule has 1 saturated heterocycles. The van der Waals surface area contributed by atoms with Gasteiger partial charge in [-0.2, -0.15) is 13.2 Å². The number of halogens is 3. The molecule has 4 aromatic carbocycles. The maximum Gasteiger partial charge on any atom is 0.430 e. The lowest BCUT2D eigenvalue weighted by molar-refractivity contribution is -0.911. The highest BCUT2D eigenvalue weighted by atomic mass is 19.4. The van der Waals surface area contributed by atoms with Gasteiger partial charge in [-0.3, -0.25) is 4.79 Å². The number of anilines is 1. The summed E-state index contributed by atoms with van der Waals surface area (Å²) in [6.45, 7) is 4.74. The first-order valence-electron chi connectivity index (χ1n) is 16.8. The number of hydrogen-bond donors (Lipinski definition) is 3. The second-order valence-electron chi connectivity index (χ2n) is 13.0. The number of urea groups is 1. The van der Waals surface area contributed by atoms with Crippen molar-refractivity contribution in [3.05, 3.63) is 102 Å². The van der Waals surface area contributed by atoms with Gasteiger partial charge in [0.05, 0.1) is 38.3 Å². The van der Waals surface area contributed by atoms with E-state index in [1.807, 2.05) is 48.5 Å². The van der Waals surface area contributed by atoms with Crippen molar-refractivity contribution in [3.8, 4) is 11.5 Å². The molecule has 0 radical (unpaired) electrons. The van der Waals surface area contributed by atoms with E-state index in [1.54, 1.807) is 31.2 Å². The van der Waals surface area contributed by atoms with E-state index in [2.05, 4.69) is 35.1 Å². The molecule has 2 aliphatic heterocycles. The van der Waals surface area contributed by atoms with Gasteiger partial charge in [-0.1, -0.05) is 42.5 Å². The number of rotatable bonds is 10. The summed E-state index contributed by atoms with van der Waals surface area (Å²) in [7, 11) is 2.20. The van der Waals surface area contributed by atoms with Crippen LogP contribution in [0.3, 0.4) is 0 Å². The Morgan fingerprint density at radius 1 is 0.925 bits per heavy atom. The number of quaternary nitrogens is 1. The van der Waals surface area contributed by atoms with Gasteiger partial charge in [-0.25, -0.2) is 9.59 Å². The van der Waals surface area contributed by atoms with Crippen LogP contribution in [0.1, 0.15) is 34.8 Å². The number of likely N-dealkylation sites (N-methyl/N-ethyl adjacent to an activating group) is 1. The Bertz CT molecular complexity index is 1960. The number of carboxylic acids is 1. The average Bonchev–Trinajstić information content (AvgIpc) is 3.73. The summed E-state index contributed by atoms with van der Waals surface area (Å²) in [5, 5.41) is 19.9. The average molecular weight is 737 g/mol. The van der Waals surface area contributed by atoms with Crippen molar-refractivity contribution in [2.75, 3.05) is 38.9 Å². The molecule has 0 bridgehead atoms. The lowest BCUT2D eigenvalue weighted by atomic mass is 10.0. The molecular weight excluding hydrogens is 697 g/mol. The summed E-state index contributed by atoms with van der Waals surface area (Å²) in [5.74, 6) is -2.14. The number of ether oxygens (including phenoxy) is 3. The predicted octanol–water partition coefficient (Wildman–Crippen LogP) is 4.31. The zero-order valence-corrected chi connectivity index (χ0v) is 29.0. The number of fused-ring (bicyclic) bond motifs is 2. The molecule has 1 fully saturated rings. The third-order valence-corrected chi connectivity index (χ3v) is 8.79. The number of aliphatic carboxylic acids is 1. The van der Waals surface area contributed by atoms with Crippen molar-refractivity contribution in [1.82, 2.24) is 10.6 Å². The quantitative estimate of drug-likeness (QED) is 0.161. The minimum absolute atomic E-state index is 0.0362. The van der Waals surface area contributed by atoms with Crippen molar-refractivity contribution >= 4 is 40.3 Å². The van der Waals surface area contributed by atoms with Gasteiger partial charge in [0.15, 0.2) is 11.5 Å². The van der Waals surface area contributed by atoms with E-state index in [4.69, 9.17) is 24.1 Å². The number of carbonyl (C=O) groups excluding carboxylic acids is 4. The number of carboxylic acid groups (broad SMARTS) is 1. The number of alkyl halides is 3. The van der Waals surface area contributed by atoms with Crippen molar-refractivity contribution < 1.29 is 56.1 Å². The highest BCUT2D eigenvalue weighted by molar-refractivity contribution is 5.95. The highest BCUT2D eigenvalue weighted by Gasteiger charge is 2.37. The molecule has 0 saturated carbocycles. The lowest BCUT2D eigenvalue weighted by Crippen LogP contribution is -2.53. The van der Waals surface area contributed by atoms with Crippen LogP contribution in [0.2, 0.25) is 0 Å². The first kappa shape index (κ1) is 38.4. The van der Waals surface area contributed by atoms with Crippen LogP contribution in [0.15, 0.2) is 84.9 Å². The van der Waals surface area contributed by atoms with E-state index in [-0.39, 0.29) is 25.3 Å². The largest absolute Gasteiger partial charge is 0.542 e. The number of amides is 3. The number of hydrogen-bond acceptors (Lipinski definition) is 8. The molecule has 1 unspecified atom stereocenters. The first-order valence-corrected chi connectivity index (χ1v) is 16.8. The van der Waals surface area contributed by atoms with Gasteiger partial charge in [-0.05, 0) is 65.7 Å². The Kier molecular flexibility index (Phi) is 12.1. The minimum Gasteiger partial charge on any atom is -0.542 e. The standard InChI is InChI=1S/C36H38N4O6.C2HF3O2/c1-3-44-35(42)27-11-13-29(14-12-27)38-36(43)39-31(19-24-8-10-26-6-4-5-7-28(26)18-24)34(41)37-30-16-17-40(2,22-30)21-25-9-15-32-33(20-25)46-23-45-32;3-2(4,5)1(6)7/h4-15,18,20,30-31H,3,16-17,19,21-23H2,1-2H3,(H2-,37,38,39,41,42,43);(H,6,7)/t30-,31-,40?;/m0./s1. The summed E-state index contributed by atoms with van der Waals surface area (Å²) in [4.78, 5) is 47.7. The molecule has 3 atom stereocenters. The molecule has 53 heavy (non-hydrogen) atoms. The Labute approximate surface area is 303 Å². The van der Waals surface area contributed by atoms with Gasteiger partial charge in [0.1, 0.15) is 18.6 Å². The van der Waals surface area contributed by atoms with Gasteiger partial charge < -0.3 is 44.5 Å². The van der Waals surface area contributed by atoms with Crippen molar-refractivity contribution in [2.24, 2.45) is 0 Å². The second-order valence-corrected chi connectivity index (χ2v) is 13.0. The van der Waals surface area contributed by atoms with Gasteiger partial charge >= 0.3 is 18.2 Å². The fourth-order valence-electron chi connectivity index (χ4n) is 6.27. The second kappa shape index (κ2) is 16.7. The van der Waals surface area contributed by atoms with Crippen LogP contribution in [-0.4, -0.2) is 80.2 Å². The van der Waals surface area contributed by atoms with E-state index in [1.165, 1.54) is 0 Å². The third kappa shape index (κ3) is 10.6. The molecule has 0 aromatic heterocycles. The van der Waals surface area contributed by atoms with Crippen LogP contribution >= 0.6 is 0 Å².